The van der Waals surface area contributed by atoms with E-state index >= 15 is 0 Å². The number of thiophene rings is 1. The van der Waals surface area contributed by atoms with E-state index in [9.17, 15) is 0 Å². The van der Waals surface area contributed by atoms with Gasteiger partial charge in [-0.2, -0.15) is 0 Å². The van der Waals surface area contributed by atoms with Crippen molar-refractivity contribution in [2.24, 2.45) is 5.73 Å². The number of nitrogens with zero attached hydrogens (tertiary/aromatic N) is 1. The largest absolute Gasteiger partial charge is 0.329 e. The summed E-state index contributed by atoms with van der Waals surface area (Å²) in [4.78, 5) is 2.32. The van der Waals surface area contributed by atoms with Gasteiger partial charge in [-0.1, -0.05) is 29.3 Å². The van der Waals surface area contributed by atoms with Crippen LogP contribution in [0.15, 0.2) is 33.4 Å². The monoisotopic (exact) mass is 352 g/mol. The Morgan fingerprint density at radius 1 is 1.20 bits per heavy atom. The van der Waals surface area contributed by atoms with E-state index in [1.165, 1.54) is 26.0 Å². The molecule has 108 valence electrons. The van der Waals surface area contributed by atoms with Crippen LogP contribution in [0.5, 0.6) is 0 Å². The van der Waals surface area contributed by atoms with Crippen molar-refractivity contribution in [1.29, 1.82) is 0 Å². The fourth-order valence-corrected chi connectivity index (χ4v) is 3.80. The van der Waals surface area contributed by atoms with Gasteiger partial charge in [-0.15, -0.1) is 11.3 Å². The number of likely N-dealkylation sites (N-methyl/N-ethyl adjacent to an activating group) is 1. The molecule has 0 bridgehead atoms. The first-order valence-corrected chi connectivity index (χ1v) is 8.38. The van der Waals surface area contributed by atoms with Crippen molar-refractivity contribution in [2.75, 3.05) is 13.6 Å². The van der Waals surface area contributed by atoms with E-state index in [4.69, 9.17) is 5.73 Å². The molecule has 1 unspecified atom stereocenters. The lowest BCUT2D eigenvalue weighted by atomic mass is 10.00. The zero-order valence-corrected chi connectivity index (χ0v) is 14.6. The first kappa shape index (κ1) is 15.7. The molecule has 1 heterocycles. The van der Waals surface area contributed by atoms with Crippen LogP contribution < -0.4 is 5.73 Å². The maximum absolute atomic E-state index is 6.02. The molecular formula is C16H21BrN2S. The van der Waals surface area contributed by atoms with Crippen molar-refractivity contribution in [3.05, 3.63) is 55.7 Å². The molecule has 0 aliphatic heterocycles. The smallest absolute Gasteiger partial charge is 0.0701 e. The second kappa shape index (κ2) is 6.85. The molecule has 0 amide bonds. The summed E-state index contributed by atoms with van der Waals surface area (Å²) in [6.07, 6.45) is 0. The van der Waals surface area contributed by atoms with Gasteiger partial charge < -0.3 is 5.73 Å². The third kappa shape index (κ3) is 3.92. The van der Waals surface area contributed by atoms with Crippen molar-refractivity contribution in [2.45, 2.75) is 26.4 Å². The predicted molar refractivity (Wildman–Crippen MR) is 91.2 cm³/mol. The van der Waals surface area contributed by atoms with E-state index in [0.717, 1.165) is 6.54 Å². The van der Waals surface area contributed by atoms with Crippen LogP contribution in [-0.4, -0.2) is 18.5 Å². The highest BCUT2D eigenvalue weighted by Crippen LogP contribution is 2.26. The maximum atomic E-state index is 6.02. The lowest BCUT2D eigenvalue weighted by molar-refractivity contribution is 0.242. The molecule has 0 saturated carbocycles. The molecule has 0 spiro atoms. The molecule has 4 heteroatoms. The number of aryl methyl sites for hydroxylation is 2. The van der Waals surface area contributed by atoms with Crippen LogP contribution in [0.25, 0.3) is 0 Å². The summed E-state index contributed by atoms with van der Waals surface area (Å²) in [5.74, 6) is 0. The first-order valence-electron chi connectivity index (χ1n) is 6.71. The van der Waals surface area contributed by atoms with Crippen LogP contribution in [0.3, 0.4) is 0 Å². The van der Waals surface area contributed by atoms with E-state index in [1.807, 2.05) is 0 Å². The van der Waals surface area contributed by atoms with E-state index in [-0.39, 0.29) is 6.04 Å². The maximum Gasteiger partial charge on any atom is 0.0701 e. The average molecular weight is 353 g/mol. The summed E-state index contributed by atoms with van der Waals surface area (Å²) in [6.45, 7) is 5.82. The van der Waals surface area contributed by atoms with E-state index in [0.29, 0.717) is 6.54 Å². The highest BCUT2D eigenvalue weighted by atomic mass is 79.9. The standard InChI is InChI=1S/C16H21BrN2S/c1-11-4-12(2)6-14(5-11)15(8-18)19(3)9-13-7-16(17)20-10-13/h4-7,10,15H,8-9,18H2,1-3H3. The molecule has 0 saturated heterocycles. The normalized spacial score (nSPS) is 12.9. The zero-order valence-electron chi connectivity index (χ0n) is 12.2. The fourth-order valence-electron chi connectivity index (χ4n) is 2.60. The Labute approximate surface area is 133 Å². The van der Waals surface area contributed by atoms with E-state index in [2.05, 4.69) is 71.4 Å². The third-order valence-corrected chi connectivity index (χ3v) is 4.99. The minimum atomic E-state index is 0.257. The molecule has 0 radical (unpaired) electrons. The predicted octanol–water partition coefficient (Wildman–Crippen LogP) is 4.26. The van der Waals surface area contributed by atoms with Gasteiger partial charge in [0, 0.05) is 19.1 Å². The Bertz CT molecular complexity index is 559. The molecule has 0 aliphatic rings. The number of benzene rings is 1. The van der Waals surface area contributed by atoms with Gasteiger partial charge in [0.05, 0.1) is 3.79 Å². The summed E-state index contributed by atoms with van der Waals surface area (Å²) >= 11 is 5.24. The van der Waals surface area contributed by atoms with Crippen molar-refractivity contribution in [1.82, 2.24) is 4.90 Å². The molecule has 2 N–H and O–H groups in total. The number of hydrogen-bond donors (Lipinski definition) is 1. The van der Waals surface area contributed by atoms with Crippen molar-refractivity contribution >= 4 is 27.3 Å². The quantitative estimate of drug-likeness (QED) is 0.870. The summed E-state index contributed by atoms with van der Waals surface area (Å²) in [6, 6.07) is 9.12. The van der Waals surface area contributed by atoms with Gasteiger partial charge in [-0.25, -0.2) is 0 Å². The molecule has 1 aromatic carbocycles. The number of halogens is 1. The Morgan fingerprint density at radius 3 is 2.35 bits per heavy atom. The number of hydrogen-bond acceptors (Lipinski definition) is 3. The number of rotatable bonds is 5. The Kier molecular flexibility index (Phi) is 5.38. The second-order valence-corrected chi connectivity index (χ2v) is 7.64. The van der Waals surface area contributed by atoms with Crippen LogP contribution in [0.1, 0.15) is 28.3 Å². The first-order chi connectivity index (χ1) is 9.49. The summed E-state index contributed by atoms with van der Waals surface area (Å²) in [5, 5.41) is 2.19. The van der Waals surface area contributed by atoms with Gasteiger partial charge in [-0.3, -0.25) is 4.90 Å². The highest BCUT2D eigenvalue weighted by molar-refractivity contribution is 9.11. The SMILES string of the molecule is Cc1cc(C)cc(C(CN)N(C)Cc2csc(Br)c2)c1. The summed E-state index contributed by atoms with van der Waals surface area (Å²) < 4.78 is 1.18. The Hall–Kier alpha value is -0.680. The molecule has 2 rings (SSSR count). The zero-order chi connectivity index (χ0) is 14.7. The van der Waals surface area contributed by atoms with Crippen LogP contribution >= 0.6 is 27.3 Å². The highest BCUT2D eigenvalue weighted by Gasteiger charge is 2.16. The van der Waals surface area contributed by atoms with E-state index in [1.54, 1.807) is 11.3 Å². The van der Waals surface area contributed by atoms with Crippen LogP contribution in [0, 0.1) is 13.8 Å². The molecule has 1 aromatic heterocycles. The Morgan fingerprint density at radius 2 is 1.85 bits per heavy atom. The molecule has 0 aliphatic carbocycles. The number of nitrogens with two attached hydrogens (primary N) is 1. The third-order valence-electron chi connectivity index (χ3n) is 3.44. The second-order valence-electron chi connectivity index (χ2n) is 5.35. The lowest BCUT2D eigenvalue weighted by Gasteiger charge is -2.27. The molecule has 20 heavy (non-hydrogen) atoms. The van der Waals surface area contributed by atoms with Gasteiger partial charge >= 0.3 is 0 Å². The minimum Gasteiger partial charge on any atom is -0.329 e. The van der Waals surface area contributed by atoms with Gasteiger partial charge in [0.1, 0.15) is 0 Å². The van der Waals surface area contributed by atoms with Crippen molar-refractivity contribution < 1.29 is 0 Å². The van der Waals surface area contributed by atoms with Gasteiger partial charge in [-0.05, 0) is 59.4 Å². The molecule has 0 fully saturated rings. The average Bonchev–Trinajstić information content (AvgIpc) is 2.74. The van der Waals surface area contributed by atoms with Crippen molar-refractivity contribution in [3.63, 3.8) is 0 Å². The minimum absolute atomic E-state index is 0.257. The molecule has 1 atom stereocenters. The summed E-state index contributed by atoms with van der Waals surface area (Å²) in [7, 11) is 2.14. The topological polar surface area (TPSA) is 29.3 Å². The molecule has 2 nitrogen and oxygen atoms in total. The van der Waals surface area contributed by atoms with Crippen molar-refractivity contribution in [3.8, 4) is 0 Å². The van der Waals surface area contributed by atoms with Gasteiger partial charge in [0.25, 0.3) is 0 Å². The molecule has 2 aromatic rings. The fraction of sp³-hybridized carbons (Fsp3) is 0.375. The van der Waals surface area contributed by atoms with Gasteiger partial charge in [0.15, 0.2) is 0 Å². The van der Waals surface area contributed by atoms with Crippen LogP contribution in [-0.2, 0) is 6.54 Å². The Balaban J connectivity index is 2.18. The lowest BCUT2D eigenvalue weighted by Crippen LogP contribution is -2.30. The van der Waals surface area contributed by atoms with E-state index < -0.39 is 0 Å². The van der Waals surface area contributed by atoms with Crippen LogP contribution in [0.4, 0.5) is 0 Å². The summed E-state index contributed by atoms with van der Waals surface area (Å²) in [5.41, 5.74) is 11.2. The van der Waals surface area contributed by atoms with Gasteiger partial charge in [0.2, 0.25) is 0 Å². The molecular weight excluding hydrogens is 332 g/mol. The van der Waals surface area contributed by atoms with Crippen LogP contribution in [0.2, 0.25) is 0 Å².